The maximum Gasteiger partial charge on any atom is 0.284 e. The number of aliphatic imine (C=N–C) groups is 1. The lowest BCUT2D eigenvalue weighted by Gasteiger charge is -2.36. The van der Waals surface area contributed by atoms with E-state index in [2.05, 4.69) is 44.4 Å². The van der Waals surface area contributed by atoms with Gasteiger partial charge in [-0.3, -0.25) is 14.7 Å². The van der Waals surface area contributed by atoms with Crippen molar-refractivity contribution in [2.24, 2.45) is 10.7 Å². The fraction of sp³-hybridized carbons (Fsp3) is 0.429. The molecule has 2 aliphatic heterocycles. The molecule has 0 spiro atoms. The number of carbonyl (C=O) groups excluding carboxylic acids is 1. The van der Waals surface area contributed by atoms with Crippen molar-refractivity contribution in [2.45, 2.75) is 25.2 Å². The first-order chi connectivity index (χ1) is 14.1. The van der Waals surface area contributed by atoms with Gasteiger partial charge in [-0.2, -0.15) is 0 Å². The van der Waals surface area contributed by atoms with Gasteiger partial charge in [-0.1, -0.05) is 30.3 Å². The zero-order valence-electron chi connectivity index (χ0n) is 16.6. The number of nitrogens with two attached hydrogens (primary N) is 1. The van der Waals surface area contributed by atoms with Gasteiger partial charge in [0.05, 0.1) is 25.3 Å². The molecule has 0 saturated carbocycles. The van der Waals surface area contributed by atoms with Crippen molar-refractivity contribution in [3.63, 3.8) is 0 Å². The SMILES string of the molecule is CN=C(NCc1ccc(C(N)=O)o1)N1CC2OCCN(Cc3ccccc3)C2C1. The topological polar surface area (TPSA) is 96.3 Å². The summed E-state index contributed by atoms with van der Waals surface area (Å²) in [5.74, 6) is 1.02. The van der Waals surface area contributed by atoms with Gasteiger partial charge in [0, 0.05) is 33.2 Å². The van der Waals surface area contributed by atoms with Crippen molar-refractivity contribution < 1.29 is 13.9 Å². The molecule has 8 nitrogen and oxygen atoms in total. The molecule has 2 aromatic rings. The first-order valence-corrected chi connectivity index (χ1v) is 9.87. The molecule has 2 saturated heterocycles. The summed E-state index contributed by atoms with van der Waals surface area (Å²) in [5, 5.41) is 3.31. The van der Waals surface area contributed by atoms with E-state index >= 15 is 0 Å². The van der Waals surface area contributed by atoms with Gasteiger partial charge in [-0.15, -0.1) is 0 Å². The second-order valence-corrected chi connectivity index (χ2v) is 7.37. The predicted molar refractivity (Wildman–Crippen MR) is 109 cm³/mol. The van der Waals surface area contributed by atoms with E-state index in [0.29, 0.717) is 18.3 Å². The van der Waals surface area contributed by atoms with E-state index in [9.17, 15) is 4.79 Å². The quantitative estimate of drug-likeness (QED) is 0.578. The average Bonchev–Trinajstić information content (AvgIpc) is 3.37. The highest BCUT2D eigenvalue weighted by Crippen LogP contribution is 2.24. The number of benzene rings is 1. The molecule has 2 unspecified atom stereocenters. The van der Waals surface area contributed by atoms with Crippen molar-refractivity contribution in [1.82, 2.24) is 15.1 Å². The lowest BCUT2D eigenvalue weighted by molar-refractivity contribution is -0.0502. The summed E-state index contributed by atoms with van der Waals surface area (Å²) in [6.45, 7) is 4.67. The Kier molecular flexibility index (Phi) is 5.82. The molecule has 1 aromatic carbocycles. The highest BCUT2D eigenvalue weighted by atomic mass is 16.5. The fourth-order valence-electron chi connectivity index (χ4n) is 4.05. The number of likely N-dealkylation sites (tertiary alicyclic amines) is 1. The first kappa shape index (κ1) is 19.5. The van der Waals surface area contributed by atoms with Crippen LogP contribution in [0.2, 0.25) is 0 Å². The maximum atomic E-state index is 11.2. The van der Waals surface area contributed by atoms with Gasteiger partial charge in [-0.05, 0) is 17.7 Å². The van der Waals surface area contributed by atoms with Gasteiger partial charge in [0.1, 0.15) is 5.76 Å². The monoisotopic (exact) mass is 397 g/mol. The van der Waals surface area contributed by atoms with Crippen LogP contribution >= 0.6 is 0 Å². The molecule has 1 amide bonds. The molecule has 3 heterocycles. The van der Waals surface area contributed by atoms with Crippen LogP contribution in [-0.2, 0) is 17.8 Å². The molecule has 2 atom stereocenters. The third-order valence-electron chi connectivity index (χ3n) is 5.48. The number of hydrogen-bond acceptors (Lipinski definition) is 5. The summed E-state index contributed by atoms with van der Waals surface area (Å²) < 4.78 is 11.5. The molecule has 29 heavy (non-hydrogen) atoms. The molecule has 0 bridgehead atoms. The second kappa shape index (κ2) is 8.67. The summed E-state index contributed by atoms with van der Waals surface area (Å²) in [6, 6.07) is 14.2. The molecule has 8 heteroatoms. The van der Waals surface area contributed by atoms with Gasteiger partial charge in [-0.25, -0.2) is 0 Å². The Labute approximate surface area is 170 Å². The number of amides is 1. The number of primary amides is 1. The van der Waals surface area contributed by atoms with Crippen molar-refractivity contribution in [2.75, 3.05) is 33.3 Å². The normalized spacial score (nSPS) is 22.5. The summed E-state index contributed by atoms with van der Waals surface area (Å²) >= 11 is 0. The Morgan fingerprint density at radius 2 is 2.07 bits per heavy atom. The number of fused-ring (bicyclic) bond motifs is 1. The third kappa shape index (κ3) is 4.44. The number of morpholine rings is 1. The number of furan rings is 1. The number of ether oxygens (including phenoxy) is 1. The summed E-state index contributed by atoms with van der Waals surface area (Å²) in [6.07, 6.45) is 0.163. The lowest BCUT2D eigenvalue weighted by Crippen LogP contribution is -2.50. The molecule has 1 aromatic heterocycles. The zero-order valence-corrected chi connectivity index (χ0v) is 16.6. The van der Waals surface area contributed by atoms with Gasteiger partial charge >= 0.3 is 0 Å². The molecular formula is C21H27N5O3. The van der Waals surface area contributed by atoms with E-state index in [1.54, 1.807) is 19.2 Å². The zero-order chi connectivity index (χ0) is 20.2. The number of guanidine groups is 1. The maximum absolute atomic E-state index is 11.2. The molecule has 0 aliphatic carbocycles. The van der Waals surface area contributed by atoms with Gasteiger partial charge < -0.3 is 25.1 Å². The highest BCUT2D eigenvalue weighted by molar-refractivity contribution is 5.89. The Morgan fingerprint density at radius 3 is 2.79 bits per heavy atom. The summed E-state index contributed by atoms with van der Waals surface area (Å²) in [7, 11) is 1.77. The highest BCUT2D eigenvalue weighted by Gasteiger charge is 2.41. The van der Waals surface area contributed by atoms with Crippen LogP contribution in [0.5, 0.6) is 0 Å². The minimum Gasteiger partial charge on any atom is -0.454 e. The summed E-state index contributed by atoms with van der Waals surface area (Å²) in [4.78, 5) is 20.3. The Balaban J connectivity index is 1.37. The largest absolute Gasteiger partial charge is 0.454 e. The van der Waals surface area contributed by atoms with E-state index in [1.807, 2.05) is 6.07 Å². The average molecular weight is 397 g/mol. The van der Waals surface area contributed by atoms with E-state index in [-0.39, 0.29) is 11.9 Å². The van der Waals surface area contributed by atoms with Crippen LogP contribution in [0.1, 0.15) is 21.9 Å². The van der Waals surface area contributed by atoms with Crippen molar-refractivity contribution in [3.05, 3.63) is 59.5 Å². The first-order valence-electron chi connectivity index (χ1n) is 9.87. The molecule has 2 fully saturated rings. The van der Waals surface area contributed by atoms with E-state index < -0.39 is 5.91 Å². The number of nitrogens with zero attached hydrogens (tertiary/aromatic N) is 3. The van der Waals surface area contributed by atoms with Gasteiger partial charge in [0.25, 0.3) is 5.91 Å². The number of rotatable bonds is 5. The summed E-state index contributed by atoms with van der Waals surface area (Å²) in [5.41, 5.74) is 6.56. The van der Waals surface area contributed by atoms with Crippen LogP contribution in [-0.4, -0.2) is 67.1 Å². The molecule has 0 radical (unpaired) electrons. The van der Waals surface area contributed by atoms with Crippen molar-refractivity contribution in [1.29, 1.82) is 0 Å². The molecule has 154 valence electrons. The number of hydrogen-bond donors (Lipinski definition) is 2. The standard InChI is InChI=1S/C21H27N5O3/c1-23-21(24-11-16-7-8-18(29-16)20(22)27)26-13-17-19(14-26)28-10-9-25(17)12-15-5-3-2-4-6-15/h2-8,17,19H,9-14H2,1H3,(H2,22,27)(H,23,24). The number of carbonyl (C=O) groups is 1. The van der Waals surface area contributed by atoms with Crippen molar-refractivity contribution in [3.8, 4) is 0 Å². The smallest absolute Gasteiger partial charge is 0.284 e. The van der Waals surface area contributed by atoms with Gasteiger partial charge in [0.15, 0.2) is 11.7 Å². The van der Waals surface area contributed by atoms with Crippen LogP contribution in [0.15, 0.2) is 51.9 Å². The van der Waals surface area contributed by atoms with Gasteiger partial charge in [0.2, 0.25) is 0 Å². The fourth-order valence-corrected chi connectivity index (χ4v) is 4.05. The Morgan fingerprint density at radius 1 is 1.24 bits per heavy atom. The minimum absolute atomic E-state index is 0.161. The van der Waals surface area contributed by atoms with Crippen molar-refractivity contribution >= 4 is 11.9 Å². The van der Waals surface area contributed by atoms with Crippen LogP contribution in [0, 0.1) is 0 Å². The molecule has 3 N–H and O–H groups in total. The Bertz CT molecular complexity index is 866. The van der Waals surface area contributed by atoms with E-state index in [0.717, 1.165) is 38.7 Å². The molecular weight excluding hydrogens is 370 g/mol. The number of nitrogens with one attached hydrogen (secondary N) is 1. The predicted octanol–water partition coefficient (Wildman–Crippen LogP) is 1.04. The van der Waals surface area contributed by atoms with Crippen LogP contribution in [0.3, 0.4) is 0 Å². The molecule has 2 aliphatic rings. The third-order valence-corrected chi connectivity index (χ3v) is 5.48. The minimum atomic E-state index is -0.570. The van der Waals surface area contributed by atoms with Crippen LogP contribution < -0.4 is 11.1 Å². The Hall–Kier alpha value is -2.84. The second-order valence-electron chi connectivity index (χ2n) is 7.37. The van der Waals surface area contributed by atoms with Crippen LogP contribution in [0.25, 0.3) is 0 Å². The van der Waals surface area contributed by atoms with E-state index in [4.69, 9.17) is 14.9 Å². The molecule has 4 rings (SSSR count). The van der Waals surface area contributed by atoms with Crippen LogP contribution in [0.4, 0.5) is 0 Å². The lowest BCUT2D eigenvalue weighted by atomic mass is 10.1. The van der Waals surface area contributed by atoms with E-state index in [1.165, 1.54) is 5.56 Å².